The zero-order chi connectivity index (χ0) is 16.8. The Morgan fingerprint density at radius 2 is 1.71 bits per heavy atom. The normalized spacial score (nSPS) is 12.6. The van der Waals surface area contributed by atoms with Crippen LogP contribution in [0.1, 0.15) is 32.6 Å². The second-order valence-electron chi connectivity index (χ2n) is 4.34. The lowest BCUT2D eigenvalue weighted by molar-refractivity contribution is -0.145. The molecule has 0 aromatic carbocycles. The minimum absolute atomic E-state index is 0.0821. The number of hydrogen-bond acceptors (Lipinski definition) is 6. The number of nitrogens with two attached hydrogens (primary N) is 2. The van der Waals surface area contributed by atoms with Gasteiger partial charge in [-0.3, -0.25) is 9.59 Å². The van der Waals surface area contributed by atoms with Crippen molar-refractivity contribution in [3.63, 3.8) is 0 Å². The lowest BCUT2D eigenvalue weighted by Gasteiger charge is -2.10. The lowest BCUT2D eigenvalue weighted by atomic mass is 10.1. The third kappa shape index (κ3) is 16.2. The third-order valence-electron chi connectivity index (χ3n) is 2.30. The monoisotopic (exact) mass is 307 g/mol. The maximum Gasteiger partial charge on any atom is 0.332 e. The molecule has 0 saturated heterocycles. The summed E-state index contributed by atoms with van der Waals surface area (Å²) in [6.45, 7) is 1.91. The van der Waals surface area contributed by atoms with Crippen LogP contribution in [0.25, 0.3) is 0 Å². The molecule has 0 radical (unpaired) electrons. The van der Waals surface area contributed by atoms with Crippen LogP contribution in [-0.4, -0.2) is 58.4 Å². The fourth-order valence-corrected chi connectivity index (χ4v) is 1.06. The Kier molecular flexibility index (Phi) is 13.7. The van der Waals surface area contributed by atoms with E-state index in [1.807, 2.05) is 0 Å². The lowest BCUT2D eigenvalue weighted by Crippen LogP contribution is -2.41. The summed E-state index contributed by atoms with van der Waals surface area (Å²) in [6.07, 6.45) is 0.919. The Morgan fingerprint density at radius 3 is 2.10 bits per heavy atom. The molecule has 0 spiro atoms. The van der Waals surface area contributed by atoms with Gasteiger partial charge in [0.05, 0.1) is 12.5 Å². The van der Waals surface area contributed by atoms with Gasteiger partial charge < -0.3 is 32.1 Å². The first-order chi connectivity index (χ1) is 9.72. The molecule has 1 amide bonds. The smallest absolute Gasteiger partial charge is 0.332 e. The largest absolute Gasteiger partial charge is 0.481 e. The first kappa shape index (κ1) is 21.6. The van der Waals surface area contributed by atoms with Crippen molar-refractivity contribution in [1.29, 1.82) is 0 Å². The molecular weight excluding hydrogens is 282 g/mol. The maximum atomic E-state index is 11.3. The molecule has 0 aliphatic heterocycles. The van der Waals surface area contributed by atoms with Gasteiger partial charge in [0.1, 0.15) is 6.10 Å². The van der Waals surface area contributed by atoms with Gasteiger partial charge in [0.2, 0.25) is 5.91 Å². The molecule has 0 aromatic rings. The number of hydrogen-bond donors (Lipinski definition) is 6. The molecule has 21 heavy (non-hydrogen) atoms. The fourth-order valence-electron chi connectivity index (χ4n) is 1.06. The van der Waals surface area contributed by atoms with E-state index in [1.165, 1.54) is 6.92 Å². The third-order valence-corrected chi connectivity index (χ3v) is 2.30. The molecule has 0 saturated carbocycles. The van der Waals surface area contributed by atoms with Crippen molar-refractivity contribution in [3.05, 3.63) is 0 Å². The van der Waals surface area contributed by atoms with E-state index in [4.69, 9.17) is 26.8 Å². The zero-order valence-electron chi connectivity index (χ0n) is 12.1. The molecule has 9 nitrogen and oxygen atoms in total. The summed E-state index contributed by atoms with van der Waals surface area (Å²) in [6, 6.07) is -0.564. The molecule has 8 N–H and O–H groups in total. The van der Waals surface area contributed by atoms with E-state index in [1.54, 1.807) is 0 Å². The van der Waals surface area contributed by atoms with Gasteiger partial charge in [0.25, 0.3) is 0 Å². The van der Waals surface area contributed by atoms with E-state index in [0.717, 1.165) is 12.8 Å². The van der Waals surface area contributed by atoms with Crippen LogP contribution in [0.4, 0.5) is 0 Å². The van der Waals surface area contributed by atoms with Gasteiger partial charge in [-0.25, -0.2) is 4.79 Å². The Hall–Kier alpha value is -1.71. The number of amides is 1. The van der Waals surface area contributed by atoms with Gasteiger partial charge in [-0.05, 0) is 26.3 Å². The summed E-state index contributed by atoms with van der Waals surface area (Å²) in [5.74, 6) is -2.42. The highest BCUT2D eigenvalue weighted by Crippen LogP contribution is 1.97. The van der Waals surface area contributed by atoms with E-state index in [-0.39, 0.29) is 18.9 Å². The van der Waals surface area contributed by atoms with E-state index >= 15 is 0 Å². The van der Waals surface area contributed by atoms with Crippen LogP contribution in [0, 0.1) is 0 Å². The number of carbonyl (C=O) groups is 3. The van der Waals surface area contributed by atoms with Crippen molar-refractivity contribution >= 4 is 17.8 Å². The van der Waals surface area contributed by atoms with Crippen LogP contribution >= 0.6 is 0 Å². The van der Waals surface area contributed by atoms with Crippen LogP contribution < -0.4 is 16.8 Å². The quantitative estimate of drug-likeness (QED) is 0.278. The highest BCUT2D eigenvalue weighted by molar-refractivity contribution is 5.81. The second kappa shape index (κ2) is 13.3. The second-order valence-corrected chi connectivity index (χ2v) is 4.34. The topological polar surface area (TPSA) is 176 Å². The van der Waals surface area contributed by atoms with Crippen molar-refractivity contribution in [2.75, 3.05) is 13.1 Å². The van der Waals surface area contributed by atoms with Gasteiger partial charge in [-0.15, -0.1) is 0 Å². The van der Waals surface area contributed by atoms with Crippen LogP contribution in [0.3, 0.4) is 0 Å². The molecule has 0 bridgehead atoms. The summed E-state index contributed by atoms with van der Waals surface area (Å²) < 4.78 is 0. The highest BCUT2D eigenvalue weighted by atomic mass is 16.4. The number of aliphatic hydroxyl groups is 1. The number of carbonyl (C=O) groups excluding carboxylic acids is 1. The molecule has 0 aliphatic rings. The first-order valence-electron chi connectivity index (χ1n) is 6.58. The van der Waals surface area contributed by atoms with Crippen molar-refractivity contribution in [1.82, 2.24) is 5.32 Å². The summed E-state index contributed by atoms with van der Waals surface area (Å²) in [4.78, 5) is 30.9. The molecule has 0 rings (SSSR count). The Labute approximate surface area is 123 Å². The SMILES string of the molecule is CC(O)C(=O)O.NCCCC[C@H](N)C(=O)NCCC(=O)O. The van der Waals surface area contributed by atoms with Crippen molar-refractivity contribution in [2.24, 2.45) is 11.5 Å². The average molecular weight is 307 g/mol. The van der Waals surface area contributed by atoms with Crippen LogP contribution in [0.5, 0.6) is 0 Å². The van der Waals surface area contributed by atoms with E-state index in [9.17, 15) is 14.4 Å². The molecule has 9 heteroatoms. The van der Waals surface area contributed by atoms with Crippen molar-refractivity contribution < 1.29 is 29.7 Å². The minimum Gasteiger partial charge on any atom is -0.481 e. The highest BCUT2D eigenvalue weighted by Gasteiger charge is 2.12. The summed E-state index contributed by atoms with van der Waals surface area (Å²) in [5.41, 5.74) is 10.9. The number of aliphatic carboxylic acids is 2. The summed E-state index contributed by atoms with van der Waals surface area (Å²) in [7, 11) is 0. The Morgan fingerprint density at radius 1 is 1.19 bits per heavy atom. The van der Waals surface area contributed by atoms with Crippen LogP contribution in [0.2, 0.25) is 0 Å². The van der Waals surface area contributed by atoms with Gasteiger partial charge in [-0.2, -0.15) is 0 Å². The zero-order valence-corrected chi connectivity index (χ0v) is 12.1. The first-order valence-corrected chi connectivity index (χ1v) is 6.58. The van der Waals surface area contributed by atoms with E-state index < -0.39 is 24.1 Å². The fraction of sp³-hybridized carbons (Fsp3) is 0.750. The predicted octanol–water partition coefficient (Wildman–Crippen LogP) is -1.51. The predicted molar refractivity (Wildman–Crippen MR) is 75.5 cm³/mol. The minimum atomic E-state index is -1.23. The van der Waals surface area contributed by atoms with E-state index in [2.05, 4.69) is 5.32 Å². The molecule has 1 unspecified atom stereocenters. The molecular formula is C12H25N3O6. The number of nitrogens with one attached hydrogen (secondary N) is 1. The molecule has 0 heterocycles. The molecule has 2 atom stereocenters. The number of carboxylic acids is 2. The number of unbranched alkanes of at least 4 members (excludes halogenated alkanes) is 1. The van der Waals surface area contributed by atoms with Gasteiger partial charge in [-0.1, -0.05) is 6.42 Å². The van der Waals surface area contributed by atoms with Gasteiger partial charge in [0.15, 0.2) is 0 Å². The van der Waals surface area contributed by atoms with E-state index in [0.29, 0.717) is 13.0 Å². The maximum absolute atomic E-state index is 11.3. The van der Waals surface area contributed by atoms with Crippen molar-refractivity contribution in [2.45, 2.75) is 44.8 Å². The molecule has 0 fully saturated rings. The Bertz CT molecular complexity index is 322. The number of rotatable bonds is 9. The van der Waals surface area contributed by atoms with Crippen LogP contribution in [0.15, 0.2) is 0 Å². The number of carboxylic acid groups (broad SMARTS) is 2. The molecule has 0 aromatic heterocycles. The standard InChI is InChI=1S/C9H19N3O3.C3H6O3/c10-5-2-1-3-7(11)9(15)12-6-4-8(13)14;1-2(4)3(5)6/h7H,1-6,10-11H2,(H,12,15)(H,13,14);2,4H,1H3,(H,5,6)/t7-;/m0./s1. The average Bonchev–Trinajstić information content (AvgIpc) is 2.38. The molecule has 124 valence electrons. The Balaban J connectivity index is 0. The summed E-state index contributed by atoms with van der Waals surface area (Å²) in [5, 5.41) is 26.6. The van der Waals surface area contributed by atoms with Crippen LogP contribution in [-0.2, 0) is 14.4 Å². The molecule has 0 aliphatic carbocycles. The van der Waals surface area contributed by atoms with Gasteiger partial charge in [0, 0.05) is 6.54 Å². The van der Waals surface area contributed by atoms with Gasteiger partial charge >= 0.3 is 11.9 Å². The van der Waals surface area contributed by atoms with Crippen molar-refractivity contribution in [3.8, 4) is 0 Å². The number of aliphatic hydroxyl groups excluding tert-OH is 1. The summed E-state index contributed by atoms with van der Waals surface area (Å²) >= 11 is 0.